The van der Waals surface area contributed by atoms with Gasteiger partial charge in [-0.1, -0.05) is 12.1 Å². The van der Waals surface area contributed by atoms with E-state index in [1.54, 1.807) is 12.1 Å². The summed E-state index contributed by atoms with van der Waals surface area (Å²) in [6, 6.07) is 6.90. The third-order valence-corrected chi connectivity index (χ3v) is 4.00. The van der Waals surface area contributed by atoms with Gasteiger partial charge in [0.25, 0.3) is 0 Å². The molecule has 0 spiro atoms. The van der Waals surface area contributed by atoms with Crippen molar-refractivity contribution in [3.05, 3.63) is 35.6 Å². The van der Waals surface area contributed by atoms with Crippen LogP contribution in [-0.4, -0.2) is 37.0 Å². The van der Waals surface area contributed by atoms with Crippen molar-refractivity contribution in [1.29, 1.82) is 0 Å². The van der Waals surface area contributed by atoms with E-state index in [2.05, 4.69) is 12.2 Å². The Morgan fingerprint density at radius 1 is 1.38 bits per heavy atom. The average Bonchev–Trinajstić information content (AvgIpc) is 2.45. The van der Waals surface area contributed by atoms with E-state index in [0.717, 1.165) is 31.4 Å². The molecule has 1 fully saturated rings. The smallest absolute Gasteiger partial charge is 0.225 e. The summed E-state index contributed by atoms with van der Waals surface area (Å²) in [5.41, 5.74) is 1.06. The highest BCUT2D eigenvalue weighted by atomic mass is 35.5. The van der Waals surface area contributed by atoms with Gasteiger partial charge < -0.3 is 10.2 Å². The van der Waals surface area contributed by atoms with Crippen LogP contribution in [0.5, 0.6) is 0 Å². The quantitative estimate of drug-likeness (QED) is 0.926. The van der Waals surface area contributed by atoms with Crippen molar-refractivity contribution >= 4 is 18.3 Å². The zero-order valence-electron chi connectivity index (χ0n) is 12.6. The Morgan fingerprint density at radius 3 is 2.67 bits per heavy atom. The third kappa shape index (κ3) is 5.29. The lowest BCUT2D eigenvalue weighted by Crippen LogP contribution is -2.43. The molecular weight excluding hydrogens is 291 g/mol. The first-order valence-electron chi connectivity index (χ1n) is 7.29. The van der Waals surface area contributed by atoms with Gasteiger partial charge in [0.2, 0.25) is 5.91 Å². The zero-order valence-corrected chi connectivity index (χ0v) is 13.5. The van der Waals surface area contributed by atoms with Crippen LogP contribution in [0.2, 0.25) is 0 Å². The number of likely N-dealkylation sites (N-methyl/N-ethyl adjacent to an activating group) is 1. The molecule has 0 radical (unpaired) electrons. The number of piperidine rings is 1. The number of nitrogens with zero attached hydrogens (tertiary/aromatic N) is 1. The molecule has 1 aliphatic rings. The van der Waals surface area contributed by atoms with E-state index in [4.69, 9.17) is 0 Å². The van der Waals surface area contributed by atoms with Crippen LogP contribution < -0.4 is 5.32 Å². The fourth-order valence-electron chi connectivity index (χ4n) is 2.73. The predicted octanol–water partition coefficient (Wildman–Crippen LogP) is 2.64. The second kappa shape index (κ2) is 8.35. The summed E-state index contributed by atoms with van der Waals surface area (Å²) < 4.78 is 12.8. The molecule has 118 valence electrons. The monoisotopic (exact) mass is 314 g/mol. The summed E-state index contributed by atoms with van der Waals surface area (Å²) in [4.78, 5) is 14.2. The molecule has 0 saturated carbocycles. The molecular formula is C16H24ClFN2O. The van der Waals surface area contributed by atoms with Crippen molar-refractivity contribution < 1.29 is 9.18 Å². The summed E-state index contributed by atoms with van der Waals surface area (Å²) in [5.74, 6) is 0.159. The minimum Gasteiger partial charge on any atom is -0.345 e. The van der Waals surface area contributed by atoms with Crippen molar-refractivity contribution in [3.8, 4) is 0 Å². The molecule has 5 heteroatoms. The van der Waals surface area contributed by atoms with E-state index in [9.17, 15) is 9.18 Å². The van der Waals surface area contributed by atoms with E-state index in [0.29, 0.717) is 12.6 Å². The van der Waals surface area contributed by atoms with Gasteiger partial charge in [0, 0.05) is 25.6 Å². The first-order chi connectivity index (χ1) is 9.56. The Kier molecular flexibility index (Phi) is 7.12. The van der Waals surface area contributed by atoms with Crippen molar-refractivity contribution in [2.75, 3.05) is 20.1 Å². The second-order valence-corrected chi connectivity index (χ2v) is 5.71. The predicted molar refractivity (Wildman–Crippen MR) is 85.2 cm³/mol. The molecule has 0 unspecified atom stereocenters. The van der Waals surface area contributed by atoms with Crippen LogP contribution in [0, 0.1) is 11.7 Å². The first kappa shape index (κ1) is 17.9. The number of hydrogen-bond donors (Lipinski definition) is 1. The standard InChI is InChI=1S/C16H23FN2O.ClH/c1-12-11-14(7-9-18-12)16(20)19(2)10-8-13-3-5-15(17)6-4-13;/h3-6,12,14,18H,7-11H2,1-2H3;1H/t12-,14-;/m0./s1. The van der Waals surface area contributed by atoms with E-state index in [1.165, 1.54) is 12.1 Å². The van der Waals surface area contributed by atoms with Gasteiger partial charge in [0.15, 0.2) is 0 Å². The first-order valence-corrected chi connectivity index (χ1v) is 7.29. The summed E-state index contributed by atoms with van der Waals surface area (Å²) in [7, 11) is 1.86. The summed E-state index contributed by atoms with van der Waals surface area (Å²) in [5, 5.41) is 3.36. The summed E-state index contributed by atoms with van der Waals surface area (Å²) >= 11 is 0. The molecule has 0 aromatic heterocycles. The van der Waals surface area contributed by atoms with Gasteiger partial charge in [-0.3, -0.25) is 4.79 Å². The number of carbonyl (C=O) groups is 1. The van der Waals surface area contributed by atoms with Crippen molar-refractivity contribution in [2.45, 2.75) is 32.2 Å². The Morgan fingerprint density at radius 2 is 2.05 bits per heavy atom. The molecule has 0 bridgehead atoms. The van der Waals surface area contributed by atoms with Gasteiger partial charge in [0.05, 0.1) is 0 Å². The zero-order chi connectivity index (χ0) is 14.5. The van der Waals surface area contributed by atoms with E-state index >= 15 is 0 Å². The lowest BCUT2D eigenvalue weighted by Gasteiger charge is -2.30. The number of nitrogens with one attached hydrogen (secondary N) is 1. The van der Waals surface area contributed by atoms with E-state index in [-0.39, 0.29) is 30.0 Å². The molecule has 1 N–H and O–H groups in total. The normalized spacial score (nSPS) is 21.5. The second-order valence-electron chi connectivity index (χ2n) is 5.71. The number of benzene rings is 1. The molecule has 2 rings (SSSR count). The molecule has 1 aromatic carbocycles. The maximum absolute atomic E-state index is 12.8. The molecule has 0 aliphatic carbocycles. The van der Waals surface area contributed by atoms with Gasteiger partial charge in [0.1, 0.15) is 5.82 Å². The minimum absolute atomic E-state index is 0. The van der Waals surface area contributed by atoms with Gasteiger partial charge in [-0.25, -0.2) is 4.39 Å². The molecule has 21 heavy (non-hydrogen) atoms. The topological polar surface area (TPSA) is 32.3 Å². The largest absolute Gasteiger partial charge is 0.345 e. The molecule has 2 atom stereocenters. The number of halogens is 2. The van der Waals surface area contributed by atoms with Crippen LogP contribution in [0.25, 0.3) is 0 Å². The summed E-state index contributed by atoms with van der Waals surface area (Å²) in [6.07, 6.45) is 2.60. The van der Waals surface area contributed by atoms with Crippen LogP contribution in [0.4, 0.5) is 4.39 Å². The highest BCUT2D eigenvalue weighted by molar-refractivity contribution is 5.85. The Balaban J connectivity index is 0.00000220. The number of hydrogen-bond acceptors (Lipinski definition) is 2. The average molecular weight is 315 g/mol. The van der Waals surface area contributed by atoms with Crippen LogP contribution in [0.1, 0.15) is 25.3 Å². The maximum Gasteiger partial charge on any atom is 0.225 e. The maximum atomic E-state index is 12.8. The molecule has 1 aromatic rings. The summed E-state index contributed by atoms with van der Waals surface area (Å²) in [6.45, 7) is 3.73. The van der Waals surface area contributed by atoms with Gasteiger partial charge in [-0.05, 0) is 50.4 Å². The minimum atomic E-state index is -0.220. The molecule has 1 heterocycles. The van der Waals surface area contributed by atoms with Crippen molar-refractivity contribution in [3.63, 3.8) is 0 Å². The van der Waals surface area contributed by atoms with Crippen LogP contribution in [0.15, 0.2) is 24.3 Å². The van der Waals surface area contributed by atoms with Crippen LogP contribution in [0.3, 0.4) is 0 Å². The highest BCUT2D eigenvalue weighted by Gasteiger charge is 2.26. The lowest BCUT2D eigenvalue weighted by atomic mass is 9.92. The number of rotatable bonds is 4. The van der Waals surface area contributed by atoms with Crippen LogP contribution in [-0.2, 0) is 11.2 Å². The SMILES string of the molecule is C[C@H]1C[C@@H](C(=O)N(C)CCc2ccc(F)cc2)CCN1.Cl. The Bertz CT molecular complexity index is 452. The Hall–Kier alpha value is -1.13. The van der Waals surface area contributed by atoms with Gasteiger partial charge in [-0.15, -0.1) is 12.4 Å². The molecule has 3 nitrogen and oxygen atoms in total. The van der Waals surface area contributed by atoms with E-state index in [1.807, 2.05) is 11.9 Å². The van der Waals surface area contributed by atoms with Crippen LogP contribution >= 0.6 is 12.4 Å². The number of carbonyl (C=O) groups excluding carboxylic acids is 1. The molecule has 1 amide bonds. The number of amides is 1. The fourth-order valence-corrected chi connectivity index (χ4v) is 2.73. The fraction of sp³-hybridized carbons (Fsp3) is 0.562. The lowest BCUT2D eigenvalue weighted by molar-refractivity contribution is -0.135. The van der Waals surface area contributed by atoms with E-state index < -0.39 is 0 Å². The van der Waals surface area contributed by atoms with Crippen molar-refractivity contribution in [1.82, 2.24) is 10.2 Å². The van der Waals surface area contributed by atoms with Crippen molar-refractivity contribution in [2.24, 2.45) is 5.92 Å². The molecule has 1 aliphatic heterocycles. The van der Waals surface area contributed by atoms with Gasteiger partial charge in [-0.2, -0.15) is 0 Å². The highest BCUT2D eigenvalue weighted by Crippen LogP contribution is 2.18. The third-order valence-electron chi connectivity index (χ3n) is 4.00. The molecule has 1 saturated heterocycles. The Labute approximate surface area is 132 Å². The van der Waals surface area contributed by atoms with Gasteiger partial charge >= 0.3 is 0 Å².